The molecule has 1 heterocycles. The number of aromatic nitrogens is 3. The number of hydrogen-bond acceptors (Lipinski definition) is 5. The molecule has 1 aromatic heterocycles. The van der Waals surface area contributed by atoms with Crippen LogP contribution in [0.15, 0.2) is 5.16 Å². The molecule has 24 heavy (non-hydrogen) atoms. The van der Waals surface area contributed by atoms with Crippen LogP contribution in [0.5, 0.6) is 0 Å². The van der Waals surface area contributed by atoms with Crippen molar-refractivity contribution in [1.82, 2.24) is 25.8 Å². The molecule has 0 aliphatic heterocycles. The average molecular weight is 353 g/mol. The van der Waals surface area contributed by atoms with E-state index in [1.807, 2.05) is 27.7 Å². The van der Waals surface area contributed by atoms with Gasteiger partial charge in [0, 0.05) is 25.3 Å². The molecule has 7 nitrogen and oxygen atoms in total. The standard InChI is InChI=1S/C16H27N5O2S/c1-10-19-14(21-20-10)24-9-8-18-13(23)16(4)7-6-11(12(22)17-5)15(16,2)3/h11H,6-9H2,1-5H3,(H,17,22)(H,18,23)(H,19,20,21)/t11-,16+/m0/s1. The van der Waals surface area contributed by atoms with Gasteiger partial charge in [-0.15, -0.1) is 5.10 Å². The molecule has 1 aliphatic rings. The Hall–Kier alpha value is -1.57. The Morgan fingerprint density at radius 2 is 2.08 bits per heavy atom. The van der Waals surface area contributed by atoms with Gasteiger partial charge in [-0.25, -0.2) is 4.98 Å². The topological polar surface area (TPSA) is 99.8 Å². The molecule has 3 N–H and O–H groups in total. The van der Waals surface area contributed by atoms with Crippen LogP contribution in [0.1, 0.15) is 39.4 Å². The van der Waals surface area contributed by atoms with Gasteiger partial charge in [-0.1, -0.05) is 32.5 Å². The average Bonchev–Trinajstić information content (AvgIpc) is 3.05. The first-order valence-electron chi connectivity index (χ1n) is 8.24. The van der Waals surface area contributed by atoms with Crippen LogP contribution in [0.3, 0.4) is 0 Å². The van der Waals surface area contributed by atoms with E-state index in [-0.39, 0.29) is 23.1 Å². The van der Waals surface area contributed by atoms with Crippen molar-refractivity contribution in [3.05, 3.63) is 5.82 Å². The van der Waals surface area contributed by atoms with Crippen molar-refractivity contribution >= 4 is 23.6 Å². The van der Waals surface area contributed by atoms with Crippen molar-refractivity contribution in [2.45, 2.75) is 45.7 Å². The van der Waals surface area contributed by atoms with E-state index in [9.17, 15) is 9.59 Å². The lowest BCUT2D eigenvalue weighted by atomic mass is 9.65. The fourth-order valence-electron chi connectivity index (χ4n) is 3.43. The van der Waals surface area contributed by atoms with Gasteiger partial charge in [-0.3, -0.25) is 14.7 Å². The highest BCUT2D eigenvalue weighted by Gasteiger charge is 2.57. The van der Waals surface area contributed by atoms with Crippen LogP contribution in [0.4, 0.5) is 0 Å². The first-order chi connectivity index (χ1) is 11.2. The smallest absolute Gasteiger partial charge is 0.226 e. The summed E-state index contributed by atoms with van der Waals surface area (Å²) in [6.07, 6.45) is 1.46. The van der Waals surface area contributed by atoms with Gasteiger partial charge in [0.2, 0.25) is 17.0 Å². The summed E-state index contributed by atoms with van der Waals surface area (Å²) in [5, 5.41) is 13.3. The van der Waals surface area contributed by atoms with Gasteiger partial charge in [0.15, 0.2) is 0 Å². The van der Waals surface area contributed by atoms with Gasteiger partial charge >= 0.3 is 0 Å². The molecular formula is C16H27N5O2S. The summed E-state index contributed by atoms with van der Waals surface area (Å²) < 4.78 is 0. The lowest BCUT2D eigenvalue weighted by Crippen LogP contribution is -2.49. The highest BCUT2D eigenvalue weighted by Crippen LogP contribution is 2.56. The van der Waals surface area contributed by atoms with Gasteiger partial charge in [0.1, 0.15) is 5.82 Å². The largest absolute Gasteiger partial charge is 0.359 e. The van der Waals surface area contributed by atoms with Crippen molar-refractivity contribution in [3.63, 3.8) is 0 Å². The maximum Gasteiger partial charge on any atom is 0.226 e. The molecule has 1 aromatic rings. The van der Waals surface area contributed by atoms with Gasteiger partial charge in [-0.05, 0) is 25.2 Å². The third-order valence-electron chi connectivity index (χ3n) is 5.49. The quantitative estimate of drug-likeness (QED) is 0.532. The molecule has 0 unspecified atom stereocenters. The van der Waals surface area contributed by atoms with Crippen molar-refractivity contribution in [2.75, 3.05) is 19.3 Å². The lowest BCUT2D eigenvalue weighted by molar-refractivity contribution is -0.138. The van der Waals surface area contributed by atoms with E-state index in [4.69, 9.17) is 0 Å². The van der Waals surface area contributed by atoms with Crippen molar-refractivity contribution in [2.24, 2.45) is 16.7 Å². The third kappa shape index (κ3) is 3.43. The minimum Gasteiger partial charge on any atom is -0.359 e. The van der Waals surface area contributed by atoms with Crippen LogP contribution < -0.4 is 10.6 Å². The second kappa shape index (κ2) is 7.13. The molecule has 8 heteroatoms. The molecule has 134 valence electrons. The summed E-state index contributed by atoms with van der Waals surface area (Å²) in [6, 6.07) is 0. The number of aryl methyl sites for hydroxylation is 1. The van der Waals surface area contributed by atoms with Crippen LogP contribution in [-0.4, -0.2) is 46.3 Å². The molecule has 2 rings (SSSR count). The number of nitrogens with zero attached hydrogens (tertiary/aromatic N) is 2. The van der Waals surface area contributed by atoms with Crippen LogP contribution >= 0.6 is 11.8 Å². The number of thioether (sulfide) groups is 1. The van der Waals surface area contributed by atoms with Crippen LogP contribution in [0.2, 0.25) is 0 Å². The Morgan fingerprint density at radius 3 is 2.67 bits per heavy atom. The zero-order chi connectivity index (χ0) is 18.0. The minimum absolute atomic E-state index is 0.0191. The number of hydrogen-bond donors (Lipinski definition) is 3. The Labute approximate surface area is 147 Å². The van der Waals surface area contributed by atoms with E-state index >= 15 is 0 Å². The molecule has 1 fully saturated rings. The van der Waals surface area contributed by atoms with E-state index in [1.165, 1.54) is 11.8 Å². The Morgan fingerprint density at radius 1 is 1.38 bits per heavy atom. The summed E-state index contributed by atoms with van der Waals surface area (Å²) in [5.74, 6) is 1.39. The predicted octanol–water partition coefficient (Wildman–Crippen LogP) is 1.51. The Kier molecular flexibility index (Phi) is 5.57. The first kappa shape index (κ1) is 18.8. The van der Waals surface area contributed by atoms with E-state index in [1.54, 1.807) is 7.05 Å². The zero-order valence-electron chi connectivity index (χ0n) is 15.0. The molecule has 0 spiro atoms. The summed E-state index contributed by atoms with van der Waals surface area (Å²) in [5.41, 5.74) is -0.929. The number of carbonyl (C=O) groups excluding carboxylic acids is 2. The van der Waals surface area contributed by atoms with E-state index in [2.05, 4.69) is 25.8 Å². The molecule has 1 saturated carbocycles. The number of rotatable bonds is 6. The van der Waals surface area contributed by atoms with Crippen molar-refractivity contribution in [1.29, 1.82) is 0 Å². The molecular weight excluding hydrogens is 326 g/mol. The molecule has 2 atom stereocenters. The second-order valence-corrected chi connectivity index (χ2v) is 8.13. The van der Waals surface area contributed by atoms with Crippen molar-refractivity contribution in [3.8, 4) is 0 Å². The molecule has 0 saturated heterocycles. The van der Waals surface area contributed by atoms with Gasteiger partial charge < -0.3 is 10.6 Å². The van der Waals surface area contributed by atoms with E-state index in [0.29, 0.717) is 17.5 Å². The third-order valence-corrected chi connectivity index (χ3v) is 6.33. The second-order valence-electron chi connectivity index (χ2n) is 7.07. The Balaban J connectivity index is 1.90. The summed E-state index contributed by atoms with van der Waals surface area (Å²) >= 11 is 1.50. The fourth-order valence-corrected chi connectivity index (χ4v) is 4.13. The summed E-state index contributed by atoms with van der Waals surface area (Å²) in [6.45, 7) is 8.41. The van der Waals surface area contributed by atoms with E-state index in [0.717, 1.165) is 18.7 Å². The molecule has 1 aliphatic carbocycles. The summed E-state index contributed by atoms with van der Waals surface area (Å²) in [7, 11) is 1.65. The van der Waals surface area contributed by atoms with E-state index < -0.39 is 5.41 Å². The monoisotopic (exact) mass is 353 g/mol. The first-order valence-corrected chi connectivity index (χ1v) is 9.22. The molecule has 0 bridgehead atoms. The minimum atomic E-state index is -0.546. The van der Waals surface area contributed by atoms with Gasteiger partial charge in [0.25, 0.3) is 0 Å². The molecule has 0 aromatic carbocycles. The Bertz CT molecular complexity index is 615. The molecule has 2 amide bonds. The maximum absolute atomic E-state index is 12.8. The number of amides is 2. The number of H-pyrrole nitrogens is 1. The highest BCUT2D eigenvalue weighted by molar-refractivity contribution is 7.99. The SMILES string of the molecule is CNC(=O)[C@@H]1CC[C@](C)(C(=O)NCCSc2n[nH]c(C)n2)C1(C)C. The number of nitrogens with one attached hydrogen (secondary N) is 3. The van der Waals surface area contributed by atoms with Crippen LogP contribution in [0.25, 0.3) is 0 Å². The highest BCUT2D eigenvalue weighted by atomic mass is 32.2. The number of aromatic amines is 1. The zero-order valence-corrected chi connectivity index (χ0v) is 15.8. The fraction of sp³-hybridized carbons (Fsp3) is 0.750. The van der Waals surface area contributed by atoms with Crippen molar-refractivity contribution < 1.29 is 9.59 Å². The normalized spacial score (nSPS) is 25.5. The predicted molar refractivity (Wildman–Crippen MR) is 93.5 cm³/mol. The maximum atomic E-state index is 12.8. The van der Waals surface area contributed by atoms with Gasteiger partial charge in [0.05, 0.1) is 5.41 Å². The van der Waals surface area contributed by atoms with Crippen LogP contribution in [0, 0.1) is 23.7 Å². The lowest BCUT2D eigenvalue weighted by Gasteiger charge is -2.39. The number of carbonyl (C=O) groups is 2. The summed E-state index contributed by atoms with van der Waals surface area (Å²) in [4.78, 5) is 29.1. The molecule has 0 radical (unpaired) electrons. The van der Waals surface area contributed by atoms with Crippen LogP contribution in [-0.2, 0) is 9.59 Å². The van der Waals surface area contributed by atoms with Gasteiger partial charge in [-0.2, -0.15) is 0 Å².